The number of aromatic nitrogens is 2. The van der Waals surface area contributed by atoms with Crippen LogP contribution in [0.4, 0.5) is 4.79 Å². The molecular formula is C10H18N4OS. The molecule has 1 aromatic rings. The molecule has 0 aliphatic rings. The number of hydrogen-bond donors (Lipinski definition) is 1. The minimum absolute atomic E-state index is 0.0583. The molecule has 0 aliphatic heterocycles. The van der Waals surface area contributed by atoms with Gasteiger partial charge in [-0.1, -0.05) is 0 Å². The monoisotopic (exact) mass is 242 g/mol. The lowest BCUT2D eigenvalue weighted by atomic mass is 10.5. The summed E-state index contributed by atoms with van der Waals surface area (Å²) in [5, 5.41) is 2.83. The van der Waals surface area contributed by atoms with E-state index in [-0.39, 0.29) is 6.03 Å². The summed E-state index contributed by atoms with van der Waals surface area (Å²) in [7, 11) is 3.70. The lowest BCUT2D eigenvalue weighted by Gasteiger charge is -2.17. The fourth-order valence-electron chi connectivity index (χ4n) is 1.19. The smallest absolute Gasteiger partial charge is 0.317 e. The SMILES string of the molecule is CSCCN(C)C(=O)NCc1nccn1C. The summed E-state index contributed by atoms with van der Waals surface area (Å²) in [6.45, 7) is 1.22. The van der Waals surface area contributed by atoms with E-state index in [0.29, 0.717) is 6.54 Å². The van der Waals surface area contributed by atoms with Crippen LogP contribution in [0, 0.1) is 0 Å². The van der Waals surface area contributed by atoms with Crippen molar-refractivity contribution in [1.29, 1.82) is 0 Å². The van der Waals surface area contributed by atoms with Crippen LogP contribution in [0.5, 0.6) is 0 Å². The van der Waals surface area contributed by atoms with Crippen molar-refractivity contribution in [3.63, 3.8) is 0 Å². The van der Waals surface area contributed by atoms with Crippen LogP contribution in [0.3, 0.4) is 0 Å². The largest absolute Gasteiger partial charge is 0.337 e. The van der Waals surface area contributed by atoms with E-state index in [0.717, 1.165) is 18.1 Å². The summed E-state index contributed by atoms with van der Waals surface area (Å²) in [6.07, 6.45) is 5.61. The molecule has 0 unspecified atom stereocenters. The molecule has 5 nitrogen and oxygen atoms in total. The third-order valence-electron chi connectivity index (χ3n) is 2.30. The minimum Gasteiger partial charge on any atom is -0.337 e. The van der Waals surface area contributed by atoms with E-state index in [2.05, 4.69) is 10.3 Å². The number of imidazole rings is 1. The Balaban J connectivity index is 2.32. The zero-order chi connectivity index (χ0) is 12.0. The van der Waals surface area contributed by atoms with Gasteiger partial charge in [0.2, 0.25) is 0 Å². The Kier molecular flexibility index (Phi) is 5.18. The van der Waals surface area contributed by atoms with Crippen molar-refractivity contribution in [2.75, 3.05) is 25.6 Å². The lowest BCUT2D eigenvalue weighted by molar-refractivity contribution is 0.210. The van der Waals surface area contributed by atoms with Crippen molar-refractivity contribution in [3.05, 3.63) is 18.2 Å². The van der Waals surface area contributed by atoms with Gasteiger partial charge in [0.15, 0.2) is 0 Å². The van der Waals surface area contributed by atoms with Gasteiger partial charge in [0.05, 0.1) is 6.54 Å². The van der Waals surface area contributed by atoms with Crippen molar-refractivity contribution in [1.82, 2.24) is 19.8 Å². The van der Waals surface area contributed by atoms with Crippen molar-refractivity contribution in [2.45, 2.75) is 6.54 Å². The second-order valence-electron chi connectivity index (χ2n) is 3.53. The predicted molar refractivity (Wildman–Crippen MR) is 66.5 cm³/mol. The van der Waals surface area contributed by atoms with Gasteiger partial charge < -0.3 is 14.8 Å². The third kappa shape index (κ3) is 3.77. The zero-order valence-corrected chi connectivity index (χ0v) is 10.8. The van der Waals surface area contributed by atoms with Crippen LogP contribution in [0.1, 0.15) is 5.82 Å². The van der Waals surface area contributed by atoms with Crippen molar-refractivity contribution in [2.24, 2.45) is 7.05 Å². The molecule has 16 heavy (non-hydrogen) atoms. The first-order valence-corrected chi connectivity index (χ1v) is 6.48. The maximum absolute atomic E-state index is 11.6. The molecule has 1 rings (SSSR count). The number of urea groups is 1. The van der Waals surface area contributed by atoms with Gasteiger partial charge in [0.25, 0.3) is 0 Å². The van der Waals surface area contributed by atoms with Crippen LogP contribution >= 0.6 is 11.8 Å². The van der Waals surface area contributed by atoms with Gasteiger partial charge in [-0.05, 0) is 6.26 Å². The Morgan fingerprint density at radius 1 is 1.69 bits per heavy atom. The average molecular weight is 242 g/mol. The Bertz CT molecular complexity index is 339. The van der Waals surface area contributed by atoms with Crippen LogP contribution in [0.25, 0.3) is 0 Å². The summed E-state index contributed by atoms with van der Waals surface area (Å²) in [6, 6.07) is -0.0583. The molecule has 0 spiro atoms. The number of carbonyl (C=O) groups is 1. The molecule has 1 N–H and O–H groups in total. The molecule has 1 aromatic heterocycles. The van der Waals surface area contributed by atoms with E-state index in [1.165, 1.54) is 0 Å². The molecule has 0 bridgehead atoms. The van der Waals surface area contributed by atoms with Gasteiger partial charge in [0, 0.05) is 38.8 Å². The number of rotatable bonds is 5. The maximum atomic E-state index is 11.6. The van der Waals surface area contributed by atoms with Crippen LogP contribution in [0.15, 0.2) is 12.4 Å². The normalized spacial score (nSPS) is 10.2. The van der Waals surface area contributed by atoms with Crippen LogP contribution < -0.4 is 5.32 Å². The molecule has 0 fully saturated rings. The second kappa shape index (κ2) is 6.42. The Morgan fingerprint density at radius 2 is 2.44 bits per heavy atom. The molecule has 0 atom stereocenters. The summed E-state index contributed by atoms with van der Waals surface area (Å²) in [5.41, 5.74) is 0. The second-order valence-corrected chi connectivity index (χ2v) is 4.51. The van der Waals surface area contributed by atoms with E-state index < -0.39 is 0 Å². The third-order valence-corrected chi connectivity index (χ3v) is 2.89. The van der Waals surface area contributed by atoms with Crippen LogP contribution in [-0.4, -0.2) is 46.1 Å². The number of aryl methyl sites for hydroxylation is 1. The van der Waals surface area contributed by atoms with Gasteiger partial charge in [0.1, 0.15) is 5.82 Å². The fraction of sp³-hybridized carbons (Fsp3) is 0.600. The van der Waals surface area contributed by atoms with Crippen molar-refractivity contribution in [3.8, 4) is 0 Å². The summed E-state index contributed by atoms with van der Waals surface area (Å²) in [4.78, 5) is 17.4. The minimum atomic E-state index is -0.0583. The summed E-state index contributed by atoms with van der Waals surface area (Å²) >= 11 is 1.73. The molecule has 0 aromatic carbocycles. The van der Waals surface area contributed by atoms with Crippen LogP contribution in [0.2, 0.25) is 0 Å². The van der Waals surface area contributed by atoms with Crippen molar-refractivity contribution < 1.29 is 4.79 Å². The Labute approximate surface area is 100 Å². The molecule has 0 aliphatic carbocycles. The molecule has 2 amide bonds. The highest BCUT2D eigenvalue weighted by Crippen LogP contribution is 1.96. The maximum Gasteiger partial charge on any atom is 0.317 e. The number of hydrogen-bond acceptors (Lipinski definition) is 3. The molecule has 0 saturated carbocycles. The quantitative estimate of drug-likeness (QED) is 0.835. The Hall–Kier alpha value is -1.17. The highest BCUT2D eigenvalue weighted by molar-refractivity contribution is 7.98. The van der Waals surface area contributed by atoms with Crippen LogP contribution in [-0.2, 0) is 13.6 Å². The van der Waals surface area contributed by atoms with Gasteiger partial charge in [-0.15, -0.1) is 0 Å². The molecule has 0 saturated heterocycles. The van der Waals surface area contributed by atoms with E-state index in [1.54, 1.807) is 29.9 Å². The first-order chi connectivity index (χ1) is 7.65. The number of thioether (sulfide) groups is 1. The number of carbonyl (C=O) groups excluding carboxylic acids is 1. The first kappa shape index (κ1) is 12.9. The standard InChI is InChI=1S/C10H18N4OS/c1-13-5-4-11-9(13)8-12-10(15)14(2)6-7-16-3/h4-5H,6-8H2,1-3H3,(H,12,15). The van der Waals surface area contributed by atoms with Gasteiger partial charge in [-0.25, -0.2) is 9.78 Å². The molecular weight excluding hydrogens is 224 g/mol. The summed E-state index contributed by atoms with van der Waals surface area (Å²) < 4.78 is 1.89. The van der Waals surface area contributed by atoms with E-state index in [4.69, 9.17) is 0 Å². The number of nitrogens with one attached hydrogen (secondary N) is 1. The molecule has 90 valence electrons. The predicted octanol–water partition coefficient (Wildman–Crippen LogP) is 0.924. The lowest BCUT2D eigenvalue weighted by Crippen LogP contribution is -2.38. The van der Waals surface area contributed by atoms with E-state index in [9.17, 15) is 4.79 Å². The number of amides is 2. The zero-order valence-electron chi connectivity index (χ0n) is 9.93. The van der Waals surface area contributed by atoms with E-state index >= 15 is 0 Å². The van der Waals surface area contributed by atoms with Gasteiger partial charge >= 0.3 is 6.03 Å². The molecule has 0 radical (unpaired) electrons. The summed E-state index contributed by atoms with van der Waals surface area (Å²) in [5.74, 6) is 1.80. The molecule has 1 heterocycles. The Morgan fingerprint density at radius 3 is 3.00 bits per heavy atom. The van der Waals surface area contributed by atoms with Gasteiger partial charge in [-0.3, -0.25) is 0 Å². The fourth-order valence-corrected chi connectivity index (χ4v) is 1.64. The number of nitrogens with zero attached hydrogens (tertiary/aromatic N) is 3. The first-order valence-electron chi connectivity index (χ1n) is 5.09. The average Bonchev–Trinajstić information content (AvgIpc) is 2.68. The van der Waals surface area contributed by atoms with E-state index in [1.807, 2.05) is 24.1 Å². The topological polar surface area (TPSA) is 50.2 Å². The van der Waals surface area contributed by atoms with Gasteiger partial charge in [-0.2, -0.15) is 11.8 Å². The molecule has 6 heteroatoms. The highest BCUT2D eigenvalue weighted by atomic mass is 32.2. The highest BCUT2D eigenvalue weighted by Gasteiger charge is 2.08. The van der Waals surface area contributed by atoms with Crippen molar-refractivity contribution >= 4 is 17.8 Å².